The number of nitrogens with zero attached hydrogens (tertiary/aromatic N) is 3. The Morgan fingerprint density at radius 1 is 1.20 bits per heavy atom. The molecule has 2 atom stereocenters. The summed E-state index contributed by atoms with van der Waals surface area (Å²) in [4.78, 5) is 4.98. The van der Waals surface area contributed by atoms with Crippen molar-refractivity contribution in [2.45, 2.75) is 50.1 Å². The fourth-order valence-electron chi connectivity index (χ4n) is 3.84. The molecular formula is C16H28N4. The molecule has 1 aliphatic heterocycles. The van der Waals surface area contributed by atoms with Crippen LogP contribution in [0.1, 0.15) is 38.5 Å². The highest BCUT2D eigenvalue weighted by Crippen LogP contribution is 2.40. The van der Waals surface area contributed by atoms with Gasteiger partial charge in [-0.1, -0.05) is 6.42 Å². The Kier molecular flexibility index (Phi) is 4.30. The van der Waals surface area contributed by atoms with Crippen LogP contribution in [0, 0.1) is 17.2 Å². The van der Waals surface area contributed by atoms with Gasteiger partial charge in [0, 0.05) is 32.2 Å². The van der Waals surface area contributed by atoms with Gasteiger partial charge in [0.2, 0.25) is 0 Å². The molecule has 1 N–H and O–H groups in total. The first-order valence-corrected chi connectivity index (χ1v) is 8.32. The summed E-state index contributed by atoms with van der Waals surface area (Å²) in [7, 11) is 2.20. The maximum absolute atomic E-state index is 9.70. The molecule has 3 rings (SSSR count). The van der Waals surface area contributed by atoms with Gasteiger partial charge in [-0.15, -0.1) is 0 Å². The molecule has 0 aromatic rings. The predicted octanol–water partition coefficient (Wildman–Crippen LogP) is 1.44. The summed E-state index contributed by atoms with van der Waals surface area (Å²) in [5.74, 6) is 0.563. The molecule has 0 radical (unpaired) electrons. The second kappa shape index (κ2) is 6.01. The fraction of sp³-hybridized carbons (Fsp3) is 0.938. The van der Waals surface area contributed by atoms with E-state index in [-0.39, 0.29) is 5.54 Å². The zero-order valence-electron chi connectivity index (χ0n) is 12.8. The van der Waals surface area contributed by atoms with Gasteiger partial charge in [-0.3, -0.25) is 5.32 Å². The summed E-state index contributed by atoms with van der Waals surface area (Å²) in [6.45, 7) is 5.94. The van der Waals surface area contributed by atoms with E-state index in [2.05, 4.69) is 28.2 Å². The van der Waals surface area contributed by atoms with Gasteiger partial charge >= 0.3 is 0 Å². The van der Waals surface area contributed by atoms with Crippen molar-refractivity contribution in [1.82, 2.24) is 15.1 Å². The third-order valence-electron chi connectivity index (χ3n) is 5.45. The molecule has 1 saturated heterocycles. The van der Waals surface area contributed by atoms with Crippen molar-refractivity contribution in [1.29, 1.82) is 5.26 Å². The van der Waals surface area contributed by atoms with Crippen LogP contribution >= 0.6 is 0 Å². The average Bonchev–Trinajstić information content (AvgIpc) is 3.18. The first-order valence-electron chi connectivity index (χ1n) is 8.32. The van der Waals surface area contributed by atoms with Crippen LogP contribution in [-0.2, 0) is 0 Å². The van der Waals surface area contributed by atoms with Crippen LogP contribution in [0.25, 0.3) is 0 Å². The number of hydrogen-bond acceptors (Lipinski definition) is 4. The Hall–Kier alpha value is -0.630. The van der Waals surface area contributed by atoms with E-state index in [4.69, 9.17) is 0 Å². The van der Waals surface area contributed by atoms with E-state index in [0.717, 1.165) is 6.42 Å². The summed E-state index contributed by atoms with van der Waals surface area (Å²) >= 11 is 0. The van der Waals surface area contributed by atoms with Crippen LogP contribution < -0.4 is 5.32 Å². The highest BCUT2D eigenvalue weighted by Gasteiger charge is 2.45. The predicted molar refractivity (Wildman–Crippen MR) is 80.4 cm³/mol. The van der Waals surface area contributed by atoms with Crippen LogP contribution in [0.2, 0.25) is 0 Å². The molecule has 2 saturated carbocycles. The van der Waals surface area contributed by atoms with Gasteiger partial charge in [-0.05, 0) is 51.6 Å². The maximum Gasteiger partial charge on any atom is 0.109 e. The normalized spacial score (nSPS) is 36.1. The van der Waals surface area contributed by atoms with Crippen molar-refractivity contribution < 1.29 is 0 Å². The topological polar surface area (TPSA) is 42.3 Å². The van der Waals surface area contributed by atoms with E-state index in [0.29, 0.717) is 12.0 Å². The first-order chi connectivity index (χ1) is 9.72. The molecule has 0 amide bonds. The van der Waals surface area contributed by atoms with Gasteiger partial charge in [-0.25, -0.2) is 0 Å². The molecule has 0 aromatic carbocycles. The van der Waals surface area contributed by atoms with Crippen molar-refractivity contribution in [3.8, 4) is 6.07 Å². The highest BCUT2D eigenvalue weighted by molar-refractivity contribution is 5.16. The van der Waals surface area contributed by atoms with E-state index in [1.165, 1.54) is 64.8 Å². The quantitative estimate of drug-likeness (QED) is 0.825. The highest BCUT2D eigenvalue weighted by atomic mass is 15.2. The molecule has 112 valence electrons. The minimum absolute atomic E-state index is 0.201. The van der Waals surface area contributed by atoms with Crippen molar-refractivity contribution in [2.75, 3.05) is 39.8 Å². The summed E-state index contributed by atoms with van der Waals surface area (Å²) < 4.78 is 0. The Morgan fingerprint density at radius 3 is 2.60 bits per heavy atom. The van der Waals surface area contributed by atoms with Crippen LogP contribution in [0.3, 0.4) is 0 Å². The van der Waals surface area contributed by atoms with E-state index < -0.39 is 0 Å². The zero-order chi connectivity index (χ0) is 14.0. The first kappa shape index (κ1) is 14.3. The van der Waals surface area contributed by atoms with Gasteiger partial charge < -0.3 is 9.80 Å². The number of hydrogen-bond donors (Lipinski definition) is 1. The Bertz CT molecular complexity index is 365. The second-order valence-corrected chi connectivity index (χ2v) is 7.02. The van der Waals surface area contributed by atoms with Gasteiger partial charge in [0.25, 0.3) is 0 Å². The lowest BCUT2D eigenvalue weighted by atomic mass is 9.85. The largest absolute Gasteiger partial charge is 0.304 e. The summed E-state index contributed by atoms with van der Waals surface area (Å²) in [5, 5.41) is 13.4. The molecular weight excluding hydrogens is 248 g/mol. The minimum Gasteiger partial charge on any atom is -0.304 e. The fourth-order valence-corrected chi connectivity index (χ4v) is 3.84. The van der Waals surface area contributed by atoms with E-state index >= 15 is 0 Å². The summed E-state index contributed by atoms with van der Waals surface area (Å²) in [6.07, 6.45) is 7.26. The lowest BCUT2D eigenvalue weighted by molar-refractivity contribution is 0.140. The van der Waals surface area contributed by atoms with Gasteiger partial charge in [0.05, 0.1) is 6.07 Å². The maximum atomic E-state index is 9.70. The monoisotopic (exact) mass is 276 g/mol. The molecule has 1 heterocycles. The van der Waals surface area contributed by atoms with Crippen molar-refractivity contribution in [3.05, 3.63) is 0 Å². The van der Waals surface area contributed by atoms with Crippen molar-refractivity contribution in [2.24, 2.45) is 5.92 Å². The average molecular weight is 276 g/mol. The summed E-state index contributed by atoms with van der Waals surface area (Å²) in [6, 6.07) is 3.29. The van der Waals surface area contributed by atoms with Gasteiger partial charge in [0.15, 0.2) is 0 Å². The van der Waals surface area contributed by atoms with E-state index in [1.807, 2.05) is 0 Å². The van der Waals surface area contributed by atoms with E-state index in [9.17, 15) is 5.26 Å². The Balaban J connectivity index is 1.51. The van der Waals surface area contributed by atoms with Crippen molar-refractivity contribution in [3.63, 3.8) is 0 Å². The number of piperazine rings is 1. The molecule has 3 fully saturated rings. The van der Waals surface area contributed by atoms with Gasteiger partial charge in [0.1, 0.15) is 5.54 Å². The zero-order valence-corrected chi connectivity index (χ0v) is 12.8. The number of nitrogens with one attached hydrogen (secondary N) is 1. The molecule has 4 heteroatoms. The number of likely N-dealkylation sites (N-methyl/N-ethyl adjacent to an activating group) is 1. The molecule has 2 unspecified atom stereocenters. The number of rotatable bonds is 5. The van der Waals surface area contributed by atoms with Crippen LogP contribution in [0.4, 0.5) is 0 Å². The molecule has 4 nitrogen and oxygen atoms in total. The van der Waals surface area contributed by atoms with Crippen LogP contribution in [0.5, 0.6) is 0 Å². The molecule has 2 aliphatic carbocycles. The molecule has 0 spiro atoms. The molecule has 0 aromatic heterocycles. The third-order valence-corrected chi connectivity index (χ3v) is 5.45. The molecule has 20 heavy (non-hydrogen) atoms. The standard InChI is InChI=1S/C16H28N4/c1-19-9-11-20(12-10-19)8-6-14-3-2-7-16(14,13-17)18-15-4-5-15/h14-15,18H,2-12H2,1H3. The third kappa shape index (κ3) is 3.16. The molecule has 3 aliphatic rings. The van der Waals surface area contributed by atoms with Gasteiger partial charge in [-0.2, -0.15) is 5.26 Å². The lowest BCUT2D eigenvalue weighted by Gasteiger charge is -2.35. The summed E-state index contributed by atoms with van der Waals surface area (Å²) in [5.41, 5.74) is -0.201. The van der Waals surface area contributed by atoms with Crippen molar-refractivity contribution >= 4 is 0 Å². The second-order valence-electron chi connectivity index (χ2n) is 7.02. The Labute approximate surface area is 123 Å². The van der Waals surface area contributed by atoms with Crippen LogP contribution in [0.15, 0.2) is 0 Å². The van der Waals surface area contributed by atoms with E-state index in [1.54, 1.807) is 0 Å². The number of nitriles is 1. The van der Waals surface area contributed by atoms with Crippen LogP contribution in [-0.4, -0.2) is 61.2 Å². The Morgan fingerprint density at radius 2 is 1.95 bits per heavy atom. The minimum atomic E-state index is -0.201. The lowest BCUT2D eigenvalue weighted by Crippen LogP contribution is -2.50. The molecule has 0 bridgehead atoms. The SMILES string of the molecule is CN1CCN(CCC2CCCC2(C#N)NC2CC2)CC1. The smallest absolute Gasteiger partial charge is 0.109 e.